The van der Waals surface area contributed by atoms with Crippen LogP contribution in [0.25, 0.3) is 0 Å². The molecule has 25 heavy (non-hydrogen) atoms. The van der Waals surface area contributed by atoms with Crippen LogP contribution in [0.5, 0.6) is 5.75 Å². The molecule has 7 heteroatoms. The fourth-order valence-corrected chi connectivity index (χ4v) is 2.97. The average molecular weight is 462 g/mol. The average Bonchev–Trinajstić information content (AvgIpc) is 2.62. The second-order valence-electron chi connectivity index (χ2n) is 5.99. The first-order valence-corrected chi connectivity index (χ1v) is 8.73. The van der Waals surface area contributed by atoms with Gasteiger partial charge < -0.3 is 25.0 Å². The number of guanidine groups is 1. The van der Waals surface area contributed by atoms with Gasteiger partial charge >= 0.3 is 0 Å². The molecule has 142 valence electrons. The van der Waals surface area contributed by atoms with Crippen molar-refractivity contribution in [1.82, 2.24) is 10.2 Å². The lowest BCUT2D eigenvalue weighted by Gasteiger charge is -2.37. The summed E-state index contributed by atoms with van der Waals surface area (Å²) in [6, 6.07) is 7.53. The van der Waals surface area contributed by atoms with E-state index in [0.29, 0.717) is 5.75 Å². The minimum absolute atomic E-state index is 0. The van der Waals surface area contributed by atoms with Crippen LogP contribution in [-0.2, 0) is 4.74 Å². The summed E-state index contributed by atoms with van der Waals surface area (Å²) >= 11 is 0. The Morgan fingerprint density at radius 2 is 1.88 bits per heavy atom. The third-order valence-corrected chi connectivity index (χ3v) is 4.32. The van der Waals surface area contributed by atoms with Gasteiger partial charge in [0.1, 0.15) is 5.75 Å². The van der Waals surface area contributed by atoms with Crippen LogP contribution in [0, 0.1) is 0 Å². The minimum Gasteiger partial charge on any atom is -0.506 e. The summed E-state index contributed by atoms with van der Waals surface area (Å²) in [5.74, 6) is 1.32. The fraction of sp³-hybridized carbons (Fsp3) is 0.611. The number of phenols is 1. The van der Waals surface area contributed by atoms with Gasteiger partial charge in [-0.15, -0.1) is 24.0 Å². The van der Waals surface area contributed by atoms with Crippen molar-refractivity contribution >= 4 is 35.6 Å². The first-order chi connectivity index (χ1) is 11.8. The molecule has 0 atom stereocenters. The molecule has 0 unspecified atom stereocenters. The number of aliphatic imine (C=N–C) groups is 1. The zero-order valence-corrected chi connectivity index (χ0v) is 17.6. The van der Waals surface area contributed by atoms with Gasteiger partial charge in [0.15, 0.2) is 5.96 Å². The Balaban J connectivity index is 0.00000312. The van der Waals surface area contributed by atoms with E-state index in [4.69, 9.17) is 4.74 Å². The molecular weight excluding hydrogens is 431 g/mol. The number of nitrogens with one attached hydrogen (secondary N) is 1. The smallest absolute Gasteiger partial charge is 0.193 e. The highest BCUT2D eigenvalue weighted by Gasteiger charge is 2.20. The highest BCUT2D eigenvalue weighted by molar-refractivity contribution is 14.0. The quantitative estimate of drug-likeness (QED) is 0.282. The number of rotatable bonds is 7. The van der Waals surface area contributed by atoms with Gasteiger partial charge in [0, 0.05) is 53.5 Å². The first kappa shape index (κ1) is 21.8. The molecule has 1 fully saturated rings. The van der Waals surface area contributed by atoms with E-state index in [1.165, 1.54) is 6.42 Å². The van der Waals surface area contributed by atoms with Crippen LogP contribution in [0.1, 0.15) is 19.3 Å². The predicted octanol–water partition coefficient (Wildman–Crippen LogP) is 2.52. The van der Waals surface area contributed by atoms with E-state index in [2.05, 4.69) is 20.1 Å². The van der Waals surface area contributed by atoms with Gasteiger partial charge in [0.25, 0.3) is 0 Å². The number of hydrogen-bond donors (Lipinski definition) is 2. The van der Waals surface area contributed by atoms with Crippen LogP contribution in [0.3, 0.4) is 0 Å². The van der Waals surface area contributed by atoms with Crippen molar-refractivity contribution in [3.63, 3.8) is 0 Å². The van der Waals surface area contributed by atoms with Gasteiger partial charge in [-0.25, -0.2) is 0 Å². The predicted molar refractivity (Wildman–Crippen MR) is 114 cm³/mol. The molecule has 1 heterocycles. The van der Waals surface area contributed by atoms with Gasteiger partial charge in [-0.05, 0) is 31.4 Å². The lowest BCUT2D eigenvalue weighted by Crippen LogP contribution is -2.52. The van der Waals surface area contributed by atoms with Crippen molar-refractivity contribution in [2.45, 2.75) is 19.3 Å². The highest BCUT2D eigenvalue weighted by Crippen LogP contribution is 2.27. The van der Waals surface area contributed by atoms with E-state index in [1.54, 1.807) is 13.2 Å². The zero-order valence-electron chi connectivity index (χ0n) is 15.3. The zero-order chi connectivity index (χ0) is 17.2. The second kappa shape index (κ2) is 12.2. The van der Waals surface area contributed by atoms with Crippen molar-refractivity contribution in [2.75, 3.05) is 58.4 Å². The molecule has 1 aromatic rings. The molecule has 0 saturated carbocycles. The van der Waals surface area contributed by atoms with Crippen molar-refractivity contribution in [3.05, 3.63) is 24.3 Å². The summed E-state index contributed by atoms with van der Waals surface area (Å²) in [6.07, 6.45) is 3.40. The fourth-order valence-electron chi connectivity index (χ4n) is 2.97. The Bertz CT molecular complexity index is 520. The summed E-state index contributed by atoms with van der Waals surface area (Å²) < 4.78 is 5.07. The molecule has 0 bridgehead atoms. The molecule has 0 amide bonds. The number of phenolic OH excluding ortho intramolecular Hbond substituents is 1. The Morgan fingerprint density at radius 1 is 1.16 bits per heavy atom. The topological polar surface area (TPSA) is 60.3 Å². The van der Waals surface area contributed by atoms with E-state index in [-0.39, 0.29) is 24.0 Å². The van der Waals surface area contributed by atoms with Crippen LogP contribution in [0.2, 0.25) is 0 Å². The van der Waals surface area contributed by atoms with Crippen LogP contribution in [0.15, 0.2) is 29.3 Å². The molecule has 0 aliphatic carbocycles. The summed E-state index contributed by atoms with van der Waals surface area (Å²) in [4.78, 5) is 8.91. The number of piperazine rings is 1. The molecule has 1 aliphatic heterocycles. The molecule has 1 aliphatic rings. The number of methoxy groups -OCH3 is 1. The second-order valence-corrected chi connectivity index (χ2v) is 5.99. The molecule has 2 N–H and O–H groups in total. The van der Waals surface area contributed by atoms with E-state index in [9.17, 15) is 5.11 Å². The molecule has 6 nitrogen and oxygen atoms in total. The molecule has 1 saturated heterocycles. The van der Waals surface area contributed by atoms with E-state index in [0.717, 1.165) is 63.8 Å². The standard InChI is InChI=1S/C18H30N4O2.HI/c1-19-18(20-10-6-3-7-15-24-2)22-13-11-21(12-14-22)16-8-4-5-9-17(16)23;/h4-5,8-9,23H,3,6-7,10-15H2,1-2H3,(H,19,20);1H. The number of hydrogen-bond acceptors (Lipinski definition) is 4. The Labute approximate surface area is 168 Å². The third-order valence-electron chi connectivity index (χ3n) is 4.32. The highest BCUT2D eigenvalue weighted by atomic mass is 127. The van der Waals surface area contributed by atoms with Crippen molar-refractivity contribution in [1.29, 1.82) is 0 Å². The number of unbranched alkanes of at least 4 members (excludes halogenated alkanes) is 2. The first-order valence-electron chi connectivity index (χ1n) is 8.73. The number of para-hydroxylation sites is 2. The number of nitrogens with zero attached hydrogens (tertiary/aromatic N) is 3. The Hall–Kier alpha value is -1.22. The number of anilines is 1. The number of aromatic hydroxyl groups is 1. The van der Waals surface area contributed by atoms with Gasteiger partial charge in [-0.3, -0.25) is 4.99 Å². The molecule has 1 aromatic carbocycles. The molecule has 0 spiro atoms. The van der Waals surface area contributed by atoms with Crippen molar-refractivity contribution in [3.8, 4) is 5.75 Å². The van der Waals surface area contributed by atoms with Crippen molar-refractivity contribution < 1.29 is 9.84 Å². The minimum atomic E-state index is 0. The van der Waals surface area contributed by atoms with Gasteiger partial charge in [0.2, 0.25) is 0 Å². The van der Waals surface area contributed by atoms with Crippen LogP contribution in [0.4, 0.5) is 5.69 Å². The van der Waals surface area contributed by atoms with E-state index in [1.807, 2.05) is 25.2 Å². The van der Waals surface area contributed by atoms with Crippen LogP contribution in [-0.4, -0.2) is 69.5 Å². The lowest BCUT2D eigenvalue weighted by atomic mass is 10.2. The number of ether oxygens (including phenoxy) is 1. The SMILES string of the molecule is CN=C(NCCCCCOC)N1CCN(c2ccccc2O)CC1.I. The summed E-state index contributed by atoms with van der Waals surface area (Å²) in [5, 5.41) is 13.4. The van der Waals surface area contributed by atoms with Crippen molar-refractivity contribution in [2.24, 2.45) is 4.99 Å². The van der Waals surface area contributed by atoms with Gasteiger partial charge in [-0.2, -0.15) is 0 Å². The molecule has 2 rings (SSSR count). The maximum atomic E-state index is 9.99. The number of benzene rings is 1. The van der Waals surface area contributed by atoms with E-state index < -0.39 is 0 Å². The molecular formula is C18H31IN4O2. The largest absolute Gasteiger partial charge is 0.506 e. The summed E-state index contributed by atoms with van der Waals surface area (Å²) in [6.45, 7) is 5.34. The maximum Gasteiger partial charge on any atom is 0.193 e. The summed E-state index contributed by atoms with van der Waals surface area (Å²) in [7, 11) is 3.58. The van der Waals surface area contributed by atoms with Gasteiger partial charge in [-0.1, -0.05) is 12.1 Å². The Kier molecular flexibility index (Phi) is 10.6. The normalized spacial score (nSPS) is 15.0. The monoisotopic (exact) mass is 462 g/mol. The van der Waals surface area contributed by atoms with Gasteiger partial charge in [0.05, 0.1) is 5.69 Å². The maximum absolute atomic E-state index is 9.99. The molecule has 0 aromatic heterocycles. The molecule has 0 radical (unpaired) electrons. The van der Waals surface area contributed by atoms with Crippen LogP contribution >= 0.6 is 24.0 Å². The summed E-state index contributed by atoms with van der Waals surface area (Å²) in [5.41, 5.74) is 0.915. The van der Waals surface area contributed by atoms with E-state index >= 15 is 0 Å². The van der Waals surface area contributed by atoms with Crippen LogP contribution < -0.4 is 10.2 Å². The third kappa shape index (κ3) is 6.89. The lowest BCUT2D eigenvalue weighted by molar-refractivity contribution is 0.192. The Morgan fingerprint density at radius 3 is 2.52 bits per heavy atom. The number of halogens is 1.